The molecule has 0 aliphatic carbocycles. The number of rotatable bonds is 7. The zero-order chi connectivity index (χ0) is 19.3. The van der Waals surface area contributed by atoms with Gasteiger partial charge in [-0.15, -0.1) is 0 Å². The Kier molecular flexibility index (Phi) is 6.39. The zero-order valence-electron chi connectivity index (χ0n) is 15.4. The van der Waals surface area contributed by atoms with Crippen LogP contribution in [0, 0.1) is 13.8 Å². The summed E-state index contributed by atoms with van der Waals surface area (Å²) in [6.07, 6.45) is 0. The van der Waals surface area contributed by atoms with Crippen molar-refractivity contribution in [1.29, 1.82) is 0 Å². The summed E-state index contributed by atoms with van der Waals surface area (Å²) in [4.78, 5) is 13.8. The molecule has 0 aromatic heterocycles. The molecule has 0 radical (unpaired) electrons. The summed E-state index contributed by atoms with van der Waals surface area (Å²) in [5.41, 5.74) is 2.76. The smallest absolute Gasteiger partial charge is 0.240 e. The summed E-state index contributed by atoms with van der Waals surface area (Å²) >= 11 is 0. The third kappa shape index (κ3) is 4.62. The van der Waals surface area contributed by atoms with Gasteiger partial charge in [0.2, 0.25) is 15.9 Å². The first-order chi connectivity index (χ1) is 12.3. The van der Waals surface area contributed by atoms with Crippen molar-refractivity contribution in [2.45, 2.75) is 25.7 Å². The van der Waals surface area contributed by atoms with Gasteiger partial charge in [-0.25, -0.2) is 13.1 Å². The summed E-state index contributed by atoms with van der Waals surface area (Å²) in [5, 5.41) is 0. The predicted octanol–water partition coefficient (Wildman–Crippen LogP) is 2.64. The van der Waals surface area contributed by atoms with Crippen molar-refractivity contribution < 1.29 is 17.9 Å². The quantitative estimate of drug-likeness (QED) is 0.806. The van der Waals surface area contributed by atoms with E-state index in [1.165, 1.54) is 26.2 Å². The second-order valence-corrected chi connectivity index (χ2v) is 7.75. The number of carbonyl (C=O) groups excluding carboxylic acids is 1. The first kappa shape index (κ1) is 19.9. The van der Waals surface area contributed by atoms with Crippen LogP contribution >= 0.6 is 0 Å². The average Bonchev–Trinajstić information content (AvgIpc) is 2.60. The van der Waals surface area contributed by atoms with Crippen LogP contribution in [0.1, 0.15) is 18.1 Å². The number of benzene rings is 2. The molecule has 2 aromatic carbocycles. The van der Waals surface area contributed by atoms with Crippen LogP contribution in [0.3, 0.4) is 0 Å². The van der Waals surface area contributed by atoms with Gasteiger partial charge in [0.1, 0.15) is 5.75 Å². The molecular weight excluding hydrogens is 352 g/mol. The molecular formula is C19H24N2O4S. The topological polar surface area (TPSA) is 75.7 Å². The van der Waals surface area contributed by atoms with Gasteiger partial charge in [-0.1, -0.05) is 18.2 Å². The van der Waals surface area contributed by atoms with E-state index in [2.05, 4.69) is 4.72 Å². The number of hydrogen-bond donors (Lipinski definition) is 1. The van der Waals surface area contributed by atoms with E-state index in [0.717, 1.165) is 16.8 Å². The fourth-order valence-electron chi connectivity index (χ4n) is 2.79. The Morgan fingerprint density at radius 1 is 1.08 bits per heavy atom. The molecule has 0 bridgehead atoms. The van der Waals surface area contributed by atoms with Crippen molar-refractivity contribution in [1.82, 2.24) is 4.72 Å². The minimum Gasteiger partial charge on any atom is -0.497 e. The maximum Gasteiger partial charge on any atom is 0.240 e. The number of sulfonamides is 1. The van der Waals surface area contributed by atoms with Gasteiger partial charge in [0.25, 0.3) is 0 Å². The monoisotopic (exact) mass is 376 g/mol. The van der Waals surface area contributed by atoms with Crippen LogP contribution < -0.4 is 14.4 Å². The Bertz CT molecular complexity index is 857. The number of amides is 1. The number of ether oxygens (including phenoxy) is 1. The second kappa shape index (κ2) is 8.33. The Balaban J connectivity index is 2.11. The van der Waals surface area contributed by atoms with Crippen molar-refractivity contribution in [3.8, 4) is 5.75 Å². The highest BCUT2D eigenvalue weighted by atomic mass is 32.2. The van der Waals surface area contributed by atoms with Gasteiger partial charge in [-0.2, -0.15) is 0 Å². The molecule has 0 unspecified atom stereocenters. The van der Waals surface area contributed by atoms with Gasteiger partial charge >= 0.3 is 0 Å². The Labute approximate surface area is 154 Å². The molecule has 0 saturated heterocycles. The molecule has 0 spiro atoms. The standard InChI is InChI=1S/C19H24N2O4S/c1-14-6-5-7-15(2)19(14)21(16(3)22)13-12-20-26(23,24)18-10-8-17(25-4)9-11-18/h5-11,20H,12-13H2,1-4H3. The molecule has 0 aliphatic rings. The van der Waals surface area contributed by atoms with Crippen LogP contribution in [-0.2, 0) is 14.8 Å². The second-order valence-electron chi connectivity index (χ2n) is 5.98. The highest BCUT2D eigenvalue weighted by molar-refractivity contribution is 7.89. The van der Waals surface area contributed by atoms with E-state index in [1.807, 2.05) is 32.0 Å². The average molecular weight is 376 g/mol. The maximum atomic E-state index is 12.4. The fraction of sp³-hybridized carbons (Fsp3) is 0.316. The van der Waals surface area contributed by atoms with E-state index in [0.29, 0.717) is 5.75 Å². The summed E-state index contributed by atoms with van der Waals surface area (Å²) in [6.45, 7) is 5.70. The highest BCUT2D eigenvalue weighted by Gasteiger charge is 2.18. The van der Waals surface area contributed by atoms with E-state index in [4.69, 9.17) is 4.74 Å². The molecule has 1 amide bonds. The number of para-hydroxylation sites is 1. The number of aryl methyl sites for hydroxylation is 2. The molecule has 1 N–H and O–H groups in total. The molecule has 0 aliphatic heterocycles. The van der Waals surface area contributed by atoms with Gasteiger partial charge in [0.05, 0.1) is 12.0 Å². The Morgan fingerprint density at radius 2 is 1.65 bits per heavy atom. The van der Waals surface area contributed by atoms with E-state index in [-0.39, 0.29) is 23.9 Å². The minimum absolute atomic E-state index is 0.113. The number of nitrogens with one attached hydrogen (secondary N) is 1. The third-order valence-corrected chi connectivity index (χ3v) is 5.56. The molecule has 2 aromatic rings. The normalized spacial score (nSPS) is 11.2. The summed E-state index contributed by atoms with van der Waals surface area (Å²) < 4.78 is 32.4. The van der Waals surface area contributed by atoms with Gasteiger partial charge in [-0.05, 0) is 49.2 Å². The molecule has 0 heterocycles. The number of nitrogens with zero attached hydrogens (tertiary/aromatic N) is 1. The number of hydrogen-bond acceptors (Lipinski definition) is 4. The van der Waals surface area contributed by atoms with Gasteiger partial charge < -0.3 is 9.64 Å². The number of carbonyl (C=O) groups is 1. The van der Waals surface area contributed by atoms with E-state index in [9.17, 15) is 13.2 Å². The Hall–Kier alpha value is -2.38. The van der Waals surface area contributed by atoms with Crippen LogP contribution in [0.15, 0.2) is 47.4 Å². The molecule has 7 heteroatoms. The predicted molar refractivity (Wildman–Crippen MR) is 102 cm³/mol. The molecule has 0 atom stereocenters. The lowest BCUT2D eigenvalue weighted by molar-refractivity contribution is -0.116. The SMILES string of the molecule is COc1ccc(S(=O)(=O)NCCN(C(C)=O)c2c(C)cccc2C)cc1. The minimum atomic E-state index is -3.65. The molecule has 0 saturated carbocycles. The van der Waals surface area contributed by atoms with Gasteiger partial charge in [-0.3, -0.25) is 4.79 Å². The summed E-state index contributed by atoms with van der Waals surface area (Å²) in [6, 6.07) is 11.9. The van der Waals surface area contributed by atoms with Crippen molar-refractivity contribution >= 4 is 21.6 Å². The van der Waals surface area contributed by atoms with Crippen molar-refractivity contribution in [3.05, 3.63) is 53.6 Å². The van der Waals surface area contributed by atoms with Gasteiger partial charge in [0.15, 0.2) is 0 Å². The molecule has 6 nitrogen and oxygen atoms in total. The van der Waals surface area contributed by atoms with Crippen molar-refractivity contribution in [2.75, 3.05) is 25.1 Å². The summed E-state index contributed by atoms with van der Waals surface area (Å²) in [5.74, 6) is 0.452. The van der Waals surface area contributed by atoms with Crippen LogP contribution in [-0.4, -0.2) is 34.5 Å². The fourth-order valence-corrected chi connectivity index (χ4v) is 3.81. The van der Waals surface area contributed by atoms with E-state index < -0.39 is 10.0 Å². The van der Waals surface area contributed by atoms with Crippen molar-refractivity contribution in [3.63, 3.8) is 0 Å². The lowest BCUT2D eigenvalue weighted by atomic mass is 10.1. The summed E-state index contributed by atoms with van der Waals surface area (Å²) in [7, 11) is -2.13. The zero-order valence-corrected chi connectivity index (χ0v) is 16.3. The maximum absolute atomic E-state index is 12.4. The first-order valence-corrected chi connectivity index (χ1v) is 9.72. The molecule has 0 fully saturated rings. The van der Waals surface area contributed by atoms with Crippen LogP contribution in [0.5, 0.6) is 5.75 Å². The largest absolute Gasteiger partial charge is 0.497 e. The highest BCUT2D eigenvalue weighted by Crippen LogP contribution is 2.24. The molecule has 2 rings (SSSR count). The molecule has 140 valence electrons. The Morgan fingerprint density at radius 3 is 2.15 bits per heavy atom. The van der Waals surface area contributed by atoms with Crippen LogP contribution in [0.4, 0.5) is 5.69 Å². The van der Waals surface area contributed by atoms with Crippen LogP contribution in [0.2, 0.25) is 0 Å². The third-order valence-electron chi connectivity index (χ3n) is 4.09. The van der Waals surface area contributed by atoms with E-state index >= 15 is 0 Å². The lowest BCUT2D eigenvalue weighted by Crippen LogP contribution is -2.38. The number of methoxy groups -OCH3 is 1. The number of anilines is 1. The van der Waals surface area contributed by atoms with Gasteiger partial charge in [0, 0.05) is 25.7 Å². The van der Waals surface area contributed by atoms with Crippen molar-refractivity contribution in [2.24, 2.45) is 0 Å². The molecule has 26 heavy (non-hydrogen) atoms. The first-order valence-electron chi connectivity index (χ1n) is 8.24. The van der Waals surface area contributed by atoms with Crippen LogP contribution in [0.25, 0.3) is 0 Å². The lowest BCUT2D eigenvalue weighted by Gasteiger charge is -2.25. The van der Waals surface area contributed by atoms with E-state index in [1.54, 1.807) is 17.0 Å².